The van der Waals surface area contributed by atoms with Gasteiger partial charge in [-0.05, 0) is 6.42 Å². The number of carbonyl (C=O) groups is 1. The van der Waals surface area contributed by atoms with Crippen molar-refractivity contribution in [3.63, 3.8) is 0 Å². The van der Waals surface area contributed by atoms with Crippen molar-refractivity contribution in [1.29, 1.82) is 0 Å². The molecule has 3 rings (SSSR count). The molecule has 7 heteroatoms. The molecular formula is C12H19N5O2. The summed E-state index contributed by atoms with van der Waals surface area (Å²) in [7, 11) is 3.57. The average Bonchev–Trinajstić information content (AvgIpc) is 2.87. The lowest BCUT2D eigenvalue weighted by Crippen LogP contribution is -2.50. The average molecular weight is 265 g/mol. The van der Waals surface area contributed by atoms with Crippen molar-refractivity contribution >= 4 is 5.91 Å². The molecule has 1 aromatic heterocycles. The van der Waals surface area contributed by atoms with Crippen molar-refractivity contribution in [2.24, 2.45) is 0 Å². The van der Waals surface area contributed by atoms with E-state index in [0.717, 1.165) is 25.2 Å². The van der Waals surface area contributed by atoms with Crippen LogP contribution in [-0.2, 0) is 16.1 Å². The second kappa shape index (κ2) is 4.90. The summed E-state index contributed by atoms with van der Waals surface area (Å²) in [6, 6.07) is 0.176. The number of piperidine rings is 1. The Morgan fingerprint density at radius 2 is 2.42 bits per heavy atom. The van der Waals surface area contributed by atoms with Gasteiger partial charge in [-0.3, -0.25) is 9.69 Å². The summed E-state index contributed by atoms with van der Waals surface area (Å²) in [4.78, 5) is 15.6. The van der Waals surface area contributed by atoms with E-state index < -0.39 is 0 Å². The number of fused-ring (bicyclic) bond motifs is 3. The number of carbonyl (C=O) groups excluding carboxylic acids is 1. The maximum absolute atomic E-state index is 11.8. The van der Waals surface area contributed by atoms with Crippen LogP contribution >= 0.6 is 0 Å². The van der Waals surface area contributed by atoms with Crippen LogP contribution in [0.15, 0.2) is 6.20 Å². The highest BCUT2D eigenvalue weighted by molar-refractivity contribution is 5.77. The number of hydrogen-bond acceptors (Lipinski definition) is 5. The van der Waals surface area contributed by atoms with Gasteiger partial charge in [0.1, 0.15) is 0 Å². The first kappa shape index (κ1) is 12.6. The molecule has 0 saturated carbocycles. The lowest BCUT2D eigenvalue weighted by molar-refractivity contribution is -0.131. The Hall–Kier alpha value is -1.47. The number of likely N-dealkylation sites (tertiary alicyclic amines) is 1. The molecule has 2 aliphatic heterocycles. The van der Waals surface area contributed by atoms with Gasteiger partial charge < -0.3 is 9.64 Å². The standard InChI is InChI=1S/C12H19N5O2/c1-15(2)12(18)7-16-4-3-11-10(6-16)17-9(8-19-11)5-13-14-17/h5,10-11H,3-4,6-8H2,1-2H3/t10-,11+/m1/s1. The van der Waals surface area contributed by atoms with E-state index in [4.69, 9.17) is 4.74 Å². The van der Waals surface area contributed by atoms with E-state index in [1.165, 1.54) is 0 Å². The van der Waals surface area contributed by atoms with Gasteiger partial charge in [-0.2, -0.15) is 0 Å². The number of aromatic nitrogens is 3. The summed E-state index contributed by atoms with van der Waals surface area (Å²) in [5.74, 6) is 0.133. The fourth-order valence-electron chi connectivity index (χ4n) is 2.72. The lowest BCUT2D eigenvalue weighted by atomic mass is 10.0. The molecule has 0 bridgehead atoms. The fraction of sp³-hybridized carbons (Fsp3) is 0.750. The molecule has 104 valence electrons. The third-order valence-electron chi connectivity index (χ3n) is 3.87. The molecule has 0 N–H and O–H groups in total. The molecule has 1 amide bonds. The van der Waals surface area contributed by atoms with E-state index in [0.29, 0.717) is 13.2 Å². The second-order valence-corrected chi connectivity index (χ2v) is 5.40. The van der Waals surface area contributed by atoms with Gasteiger partial charge >= 0.3 is 0 Å². The first-order valence-corrected chi connectivity index (χ1v) is 6.58. The van der Waals surface area contributed by atoms with Crippen LogP contribution in [0, 0.1) is 0 Å². The summed E-state index contributed by atoms with van der Waals surface area (Å²) in [5, 5.41) is 8.10. The number of hydrogen-bond donors (Lipinski definition) is 0. The zero-order valence-electron chi connectivity index (χ0n) is 11.3. The fourth-order valence-corrected chi connectivity index (χ4v) is 2.72. The van der Waals surface area contributed by atoms with Crippen molar-refractivity contribution in [2.45, 2.75) is 25.2 Å². The van der Waals surface area contributed by atoms with Crippen LogP contribution in [-0.4, -0.2) is 70.5 Å². The van der Waals surface area contributed by atoms with Crippen LogP contribution in [0.1, 0.15) is 18.2 Å². The van der Waals surface area contributed by atoms with E-state index in [1.807, 2.05) is 4.68 Å². The van der Waals surface area contributed by atoms with E-state index in [-0.39, 0.29) is 18.1 Å². The Morgan fingerprint density at radius 1 is 1.58 bits per heavy atom. The molecule has 0 radical (unpaired) electrons. The second-order valence-electron chi connectivity index (χ2n) is 5.40. The maximum Gasteiger partial charge on any atom is 0.236 e. The SMILES string of the molecule is CN(C)C(=O)CN1CC[C@@H]2OCc3cnnn3[C@@H]2C1. The topological polar surface area (TPSA) is 63.5 Å². The van der Waals surface area contributed by atoms with Gasteiger partial charge in [0.05, 0.1) is 37.2 Å². The molecule has 7 nitrogen and oxygen atoms in total. The van der Waals surface area contributed by atoms with Crippen molar-refractivity contribution in [1.82, 2.24) is 24.8 Å². The largest absolute Gasteiger partial charge is 0.370 e. The van der Waals surface area contributed by atoms with Crippen LogP contribution in [0.25, 0.3) is 0 Å². The number of amides is 1. The van der Waals surface area contributed by atoms with Crippen LogP contribution in [0.4, 0.5) is 0 Å². The highest BCUT2D eigenvalue weighted by Gasteiger charge is 2.36. The predicted octanol–water partition coefficient (Wildman–Crippen LogP) is -0.488. The third-order valence-corrected chi connectivity index (χ3v) is 3.87. The summed E-state index contributed by atoms with van der Waals surface area (Å²) in [5.41, 5.74) is 1.02. The third kappa shape index (κ3) is 2.35. The molecule has 0 aromatic carbocycles. The lowest BCUT2D eigenvalue weighted by Gasteiger charge is -2.40. The highest BCUT2D eigenvalue weighted by atomic mass is 16.5. The van der Waals surface area contributed by atoms with Gasteiger partial charge in [-0.25, -0.2) is 4.68 Å². The van der Waals surface area contributed by atoms with Gasteiger partial charge in [-0.1, -0.05) is 5.21 Å². The van der Waals surface area contributed by atoms with Gasteiger partial charge in [0, 0.05) is 27.2 Å². The predicted molar refractivity (Wildman–Crippen MR) is 67.4 cm³/mol. The smallest absolute Gasteiger partial charge is 0.236 e. The summed E-state index contributed by atoms with van der Waals surface area (Å²) < 4.78 is 7.80. The first-order chi connectivity index (χ1) is 9.15. The van der Waals surface area contributed by atoms with Crippen molar-refractivity contribution < 1.29 is 9.53 Å². The van der Waals surface area contributed by atoms with E-state index in [2.05, 4.69) is 15.2 Å². The molecule has 2 aliphatic rings. The molecule has 1 aromatic rings. The number of nitrogens with zero attached hydrogens (tertiary/aromatic N) is 5. The molecule has 2 atom stereocenters. The van der Waals surface area contributed by atoms with Crippen LogP contribution < -0.4 is 0 Å². The minimum absolute atomic E-state index is 0.133. The summed E-state index contributed by atoms with van der Waals surface area (Å²) in [6.45, 7) is 2.73. The molecule has 0 aliphatic carbocycles. The Labute approximate surface area is 112 Å². The quantitative estimate of drug-likeness (QED) is 0.722. The van der Waals surface area contributed by atoms with Gasteiger partial charge in [0.25, 0.3) is 0 Å². The van der Waals surface area contributed by atoms with Gasteiger partial charge in [0.15, 0.2) is 0 Å². The zero-order chi connectivity index (χ0) is 13.4. The Balaban J connectivity index is 1.70. The Bertz CT molecular complexity index is 472. The van der Waals surface area contributed by atoms with Crippen molar-refractivity contribution in [3.8, 4) is 0 Å². The monoisotopic (exact) mass is 265 g/mol. The number of likely N-dealkylation sites (N-methyl/N-ethyl adjacent to an activating group) is 1. The molecule has 0 unspecified atom stereocenters. The number of rotatable bonds is 2. The van der Waals surface area contributed by atoms with E-state index in [9.17, 15) is 4.79 Å². The molecule has 0 spiro atoms. The van der Waals surface area contributed by atoms with E-state index in [1.54, 1.807) is 25.2 Å². The van der Waals surface area contributed by atoms with Crippen LogP contribution in [0.2, 0.25) is 0 Å². The maximum atomic E-state index is 11.8. The molecule has 3 heterocycles. The minimum atomic E-state index is 0.133. The molecule has 1 saturated heterocycles. The van der Waals surface area contributed by atoms with Crippen molar-refractivity contribution in [3.05, 3.63) is 11.9 Å². The Morgan fingerprint density at radius 3 is 3.21 bits per heavy atom. The van der Waals surface area contributed by atoms with Gasteiger partial charge in [0.2, 0.25) is 5.91 Å². The first-order valence-electron chi connectivity index (χ1n) is 6.58. The highest BCUT2D eigenvalue weighted by Crippen LogP contribution is 2.29. The zero-order valence-corrected chi connectivity index (χ0v) is 11.3. The summed E-state index contributed by atoms with van der Waals surface area (Å²) >= 11 is 0. The number of ether oxygens (including phenoxy) is 1. The van der Waals surface area contributed by atoms with Crippen molar-refractivity contribution in [2.75, 3.05) is 33.7 Å². The Kier molecular flexibility index (Phi) is 3.24. The van der Waals surface area contributed by atoms with Crippen LogP contribution in [0.5, 0.6) is 0 Å². The molecule has 1 fully saturated rings. The normalized spacial score (nSPS) is 26.6. The van der Waals surface area contributed by atoms with Gasteiger partial charge in [-0.15, -0.1) is 5.10 Å². The molecule has 19 heavy (non-hydrogen) atoms. The molecular weight excluding hydrogens is 246 g/mol. The summed E-state index contributed by atoms with van der Waals surface area (Å²) in [6.07, 6.45) is 2.88. The minimum Gasteiger partial charge on any atom is -0.370 e. The van der Waals surface area contributed by atoms with E-state index >= 15 is 0 Å². The van der Waals surface area contributed by atoms with Crippen LogP contribution in [0.3, 0.4) is 0 Å².